The largest absolute Gasteiger partial charge is 0.478 e. The fourth-order valence-corrected chi connectivity index (χ4v) is 1.64. The van der Waals surface area contributed by atoms with Crippen molar-refractivity contribution in [3.05, 3.63) is 11.1 Å². The second-order valence-corrected chi connectivity index (χ2v) is 3.97. The van der Waals surface area contributed by atoms with Crippen LogP contribution in [0.5, 0.6) is 0 Å². The van der Waals surface area contributed by atoms with Crippen LogP contribution in [0.15, 0.2) is 11.1 Å². The molecule has 13 heavy (non-hydrogen) atoms. The van der Waals surface area contributed by atoms with Crippen LogP contribution in [0, 0.1) is 0 Å². The van der Waals surface area contributed by atoms with E-state index in [1.54, 1.807) is 0 Å². The van der Waals surface area contributed by atoms with Crippen molar-refractivity contribution >= 4 is 5.97 Å². The molecule has 0 atom stereocenters. The summed E-state index contributed by atoms with van der Waals surface area (Å²) in [4.78, 5) is 10.8. The number of aliphatic carboxylic acids is 1. The second-order valence-electron chi connectivity index (χ2n) is 3.97. The molecule has 0 aliphatic carbocycles. The third-order valence-corrected chi connectivity index (χ3v) is 2.31. The molecule has 0 amide bonds. The fourth-order valence-electron chi connectivity index (χ4n) is 1.64. The van der Waals surface area contributed by atoms with E-state index < -0.39 is 5.97 Å². The van der Waals surface area contributed by atoms with E-state index >= 15 is 0 Å². The highest BCUT2D eigenvalue weighted by molar-refractivity contribution is 5.87. The third-order valence-electron chi connectivity index (χ3n) is 2.31. The van der Waals surface area contributed by atoms with Crippen LogP contribution >= 0.6 is 0 Å². The molecule has 1 fully saturated rings. The Morgan fingerprint density at radius 2 is 2.23 bits per heavy atom. The number of hydrogen-bond donors (Lipinski definition) is 1. The predicted molar refractivity (Wildman–Crippen MR) is 49.6 cm³/mol. The van der Waals surface area contributed by atoms with Gasteiger partial charge in [0.2, 0.25) is 0 Å². The Labute approximate surface area is 78.4 Å². The summed E-state index contributed by atoms with van der Waals surface area (Å²) in [5.74, 6) is -0.807. The molecule has 0 unspecified atom stereocenters. The van der Waals surface area contributed by atoms with Crippen LogP contribution in [0.2, 0.25) is 0 Å². The Morgan fingerprint density at radius 3 is 2.54 bits per heavy atom. The van der Waals surface area contributed by atoms with Crippen LogP contribution < -0.4 is 0 Å². The van der Waals surface area contributed by atoms with Crippen molar-refractivity contribution in [1.29, 1.82) is 0 Å². The molecule has 0 saturated carbocycles. The molecule has 3 nitrogen and oxygen atoms in total. The van der Waals surface area contributed by atoms with E-state index in [1.807, 2.05) is 20.8 Å². The number of ether oxygens (including phenoxy) is 1. The van der Waals surface area contributed by atoms with Crippen molar-refractivity contribution in [3.8, 4) is 0 Å². The van der Waals surface area contributed by atoms with Crippen molar-refractivity contribution < 1.29 is 14.6 Å². The molecule has 1 N–H and O–H groups in total. The highest BCUT2D eigenvalue weighted by Crippen LogP contribution is 2.31. The quantitative estimate of drug-likeness (QED) is 0.667. The number of carboxylic acids is 1. The lowest BCUT2D eigenvalue weighted by atomic mass is 9.97. The maximum absolute atomic E-state index is 10.8. The van der Waals surface area contributed by atoms with Gasteiger partial charge in [0.05, 0.1) is 12.2 Å². The second kappa shape index (κ2) is 3.50. The Bertz CT molecular complexity index is 251. The summed E-state index contributed by atoms with van der Waals surface area (Å²) in [5.41, 5.74) is 1.27. The zero-order valence-corrected chi connectivity index (χ0v) is 8.39. The summed E-state index contributed by atoms with van der Waals surface area (Å²) in [5, 5.41) is 8.89. The topological polar surface area (TPSA) is 46.5 Å². The number of carboxylic acid groups (broad SMARTS) is 1. The summed E-state index contributed by atoms with van der Waals surface area (Å²) in [7, 11) is 0. The van der Waals surface area contributed by atoms with Crippen LogP contribution in [0.4, 0.5) is 0 Å². The van der Waals surface area contributed by atoms with Gasteiger partial charge in [0.15, 0.2) is 0 Å². The van der Waals surface area contributed by atoms with Gasteiger partial charge in [0, 0.05) is 5.57 Å². The van der Waals surface area contributed by atoms with Gasteiger partial charge in [0.25, 0.3) is 0 Å². The van der Waals surface area contributed by atoms with Gasteiger partial charge in [-0.3, -0.25) is 0 Å². The zero-order chi connectivity index (χ0) is 10.1. The van der Waals surface area contributed by atoms with Crippen LogP contribution in [-0.4, -0.2) is 23.3 Å². The van der Waals surface area contributed by atoms with Gasteiger partial charge in [-0.05, 0) is 32.3 Å². The van der Waals surface area contributed by atoms with Gasteiger partial charge >= 0.3 is 5.97 Å². The maximum Gasteiger partial charge on any atom is 0.331 e. The number of hydrogen-bond acceptors (Lipinski definition) is 2. The number of carbonyl (C=O) groups is 1. The first-order valence-corrected chi connectivity index (χ1v) is 4.54. The van der Waals surface area contributed by atoms with Crippen molar-refractivity contribution in [1.82, 2.24) is 0 Å². The standard InChI is InChI=1S/C10H16O3/c1-4-8(9(11)12)7-5-10(2,3)13-6-7/h4-6H2,1-3H3,(H,11,12)/b8-7-. The summed E-state index contributed by atoms with van der Waals surface area (Å²) >= 11 is 0. The Kier molecular flexibility index (Phi) is 2.76. The van der Waals surface area contributed by atoms with Gasteiger partial charge in [0.1, 0.15) is 0 Å². The van der Waals surface area contributed by atoms with Gasteiger partial charge in [-0.15, -0.1) is 0 Å². The average Bonchev–Trinajstić information content (AvgIpc) is 2.31. The molecule has 1 heterocycles. The lowest BCUT2D eigenvalue weighted by molar-refractivity contribution is -0.132. The Balaban J connectivity index is 2.87. The molecule has 74 valence electrons. The molecule has 0 aromatic heterocycles. The summed E-state index contributed by atoms with van der Waals surface area (Å²) in [6, 6.07) is 0. The van der Waals surface area contributed by atoms with Crippen LogP contribution in [0.3, 0.4) is 0 Å². The molecule has 0 radical (unpaired) electrons. The van der Waals surface area contributed by atoms with Gasteiger partial charge in [-0.25, -0.2) is 4.79 Å². The highest BCUT2D eigenvalue weighted by Gasteiger charge is 2.30. The molecular formula is C10H16O3. The van der Waals surface area contributed by atoms with E-state index in [0.717, 1.165) is 12.0 Å². The van der Waals surface area contributed by atoms with Gasteiger partial charge < -0.3 is 9.84 Å². The van der Waals surface area contributed by atoms with Crippen LogP contribution in [-0.2, 0) is 9.53 Å². The molecule has 0 spiro atoms. The first kappa shape index (κ1) is 10.3. The van der Waals surface area contributed by atoms with Crippen molar-refractivity contribution in [3.63, 3.8) is 0 Å². The van der Waals surface area contributed by atoms with Crippen LogP contribution in [0.25, 0.3) is 0 Å². The Morgan fingerprint density at radius 1 is 1.62 bits per heavy atom. The number of rotatable bonds is 2. The molecule has 0 aromatic carbocycles. The van der Waals surface area contributed by atoms with Crippen molar-refractivity contribution in [2.24, 2.45) is 0 Å². The molecule has 3 heteroatoms. The summed E-state index contributed by atoms with van der Waals surface area (Å²) < 4.78 is 5.46. The lowest BCUT2D eigenvalue weighted by Crippen LogP contribution is -2.16. The molecule has 1 rings (SSSR count). The van der Waals surface area contributed by atoms with E-state index in [1.165, 1.54) is 0 Å². The minimum Gasteiger partial charge on any atom is -0.478 e. The maximum atomic E-state index is 10.8. The van der Waals surface area contributed by atoms with E-state index in [-0.39, 0.29) is 5.60 Å². The van der Waals surface area contributed by atoms with Gasteiger partial charge in [-0.1, -0.05) is 6.92 Å². The molecule has 1 saturated heterocycles. The third kappa shape index (κ3) is 2.31. The molecule has 0 aromatic rings. The monoisotopic (exact) mass is 184 g/mol. The molecular weight excluding hydrogens is 168 g/mol. The van der Waals surface area contributed by atoms with E-state index in [0.29, 0.717) is 18.6 Å². The minimum absolute atomic E-state index is 0.189. The first-order valence-electron chi connectivity index (χ1n) is 4.54. The van der Waals surface area contributed by atoms with E-state index in [4.69, 9.17) is 9.84 Å². The molecule has 1 aliphatic heterocycles. The SMILES string of the molecule is CC/C(C(=O)O)=C1/COC(C)(C)C1. The smallest absolute Gasteiger partial charge is 0.331 e. The predicted octanol–water partition coefficient (Wildman–Crippen LogP) is 1.98. The summed E-state index contributed by atoms with van der Waals surface area (Å²) in [6.45, 7) is 6.30. The average molecular weight is 184 g/mol. The van der Waals surface area contributed by atoms with Crippen molar-refractivity contribution in [2.75, 3.05) is 6.61 Å². The normalized spacial score (nSPS) is 24.5. The first-order chi connectivity index (χ1) is 5.96. The molecule has 0 bridgehead atoms. The zero-order valence-electron chi connectivity index (χ0n) is 8.39. The van der Waals surface area contributed by atoms with Crippen molar-refractivity contribution in [2.45, 2.75) is 39.2 Å². The fraction of sp³-hybridized carbons (Fsp3) is 0.700. The Hall–Kier alpha value is -0.830. The molecule has 1 aliphatic rings. The highest BCUT2D eigenvalue weighted by atomic mass is 16.5. The minimum atomic E-state index is -0.807. The van der Waals surface area contributed by atoms with Gasteiger partial charge in [-0.2, -0.15) is 0 Å². The van der Waals surface area contributed by atoms with E-state index in [2.05, 4.69) is 0 Å². The van der Waals surface area contributed by atoms with E-state index in [9.17, 15) is 4.79 Å². The van der Waals surface area contributed by atoms with Crippen LogP contribution in [0.1, 0.15) is 33.6 Å². The summed E-state index contributed by atoms with van der Waals surface area (Å²) in [6.07, 6.45) is 1.31. The lowest BCUT2D eigenvalue weighted by Gasteiger charge is -2.14.